The molecule has 8 heteroatoms. The molecule has 0 bridgehead atoms. The number of hydrogen-bond acceptors (Lipinski definition) is 5. The number of alkyl halides is 3. The zero-order valence-corrected chi connectivity index (χ0v) is 13.5. The molecule has 1 rings (SSSR count). The van der Waals surface area contributed by atoms with Crippen molar-refractivity contribution in [2.75, 3.05) is 30.5 Å². The van der Waals surface area contributed by atoms with E-state index in [0.29, 0.717) is 6.54 Å². The molecule has 0 aliphatic rings. The molecule has 0 amide bonds. The van der Waals surface area contributed by atoms with Crippen LogP contribution in [-0.4, -0.2) is 34.6 Å². The average molecular weight is 322 g/mol. The summed E-state index contributed by atoms with van der Waals surface area (Å²) in [7, 11) is 1.52. The number of nitrogens with zero attached hydrogens (tertiary/aromatic N) is 2. The summed E-state index contributed by atoms with van der Waals surface area (Å²) in [6.45, 7) is 4.70. The maximum absolute atomic E-state index is 12.8. The molecule has 4 nitrogen and oxygen atoms in total. The molecule has 1 heterocycles. The minimum absolute atomic E-state index is 0.0108. The zero-order valence-electron chi connectivity index (χ0n) is 12.6. The highest BCUT2D eigenvalue weighted by molar-refractivity contribution is 8.00. The quantitative estimate of drug-likeness (QED) is 0.798. The van der Waals surface area contributed by atoms with Crippen LogP contribution in [0, 0.1) is 0 Å². The predicted molar refractivity (Wildman–Crippen MR) is 81.9 cm³/mol. The van der Waals surface area contributed by atoms with E-state index in [4.69, 9.17) is 0 Å². The standard InChI is InChI=1S/C13H21F3N4S/c1-5-12(6-2,21-4)8-18-10-7-9(17-3)19-11(20-10)13(14,15)16/h7H,5-6,8H2,1-4H3,(H2,17,18,19,20). The first kappa shape index (κ1) is 17.9. The molecule has 0 radical (unpaired) electrons. The topological polar surface area (TPSA) is 49.8 Å². The van der Waals surface area contributed by atoms with Crippen molar-refractivity contribution in [2.45, 2.75) is 37.6 Å². The Labute approximate surface area is 127 Å². The number of rotatable bonds is 7. The van der Waals surface area contributed by atoms with Crippen LogP contribution in [0.3, 0.4) is 0 Å². The fourth-order valence-corrected chi connectivity index (χ4v) is 2.70. The Morgan fingerprint density at radius 1 is 1.14 bits per heavy atom. The van der Waals surface area contributed by atoms with Gasteiger partial charge in [-0.2, -0.15) is 24.9 Å². The lowest BCUT2D eigenvalue weighted by atomic mass is 10.0. The molecule has 0 saturated carbocycles. The van der Waals surface area contributed by atoms with Gasteiger partial charge in [0.2, 0.25) is 5.82 Å². The van der Waals surface area contributed by atoms with Gasteiger partial charge in [0.15, 0.2) is 0 Å². The number of thioether (sulfide) groups is 1. The van der Waals surface area contributed by atoms with Crippen molar-refractivity contribution in [3.05, 3.63) is 11.9 Å². The molecule has 0 fully saturated rings. The first-order chi connectivity index (χ1) is 9.80. The van der Waals surface area contributed by atoms with Crippen LogP contribution in [0.5, 0.6) is 0 Å². The highest BCUT2D eigenvalue weighted by Crippen LogP contribution is 2.32. The van der Waals surface area contributed by atoms with Gasteiger partial charge in [0, 0.05) is 24.4 Å². The first-order valence-corrected chi connectivity index (χ1v) is 7.95. The van der Waals surface area contributed by atoms with Gasteiger partial charge in [0.25, 0.3) is 0 Å². The van der Waals surface area contributed by atoms with E-state index in [0.717, 1.165) is 12.8 Å². The molecule has 0 aromatic carbocycles. The molecule has 0 spiro atoms. The van der Waals surface area contributed by atoms with E-state index in [1.165, 1.54) is 13.1 Å². The van der Waals surface area contributed by atoms with Crippen LogP contribution in [0.1, 0.15) is 32.5 Å². The van der Waals surface area contributed by atoms with Crippen LogP contribution in [0.4, 0.5) is 24.8 Å². The minimum atomic E-state index is -4.56. The third-order valence-electron chi connectivity index (χ3n) is 3.55. The van der Waals surface area contributed by atoms with Crippen LogP contribution in [0.15, 0.2) is 6.07 Å². The Morgan fingerprint density at radius 2 is 1.71 bits per heavy atom. The van der Waals surface area contributed by atoms with Crippen LogP contribution >= 0.6 is 11.8 Å². The molecule has 0 aliphatic heterocycles. The second-order valence-corrected chi connectivity index (χ2v) is 5.93. The molecule has 0 saturated heterocycles. The van der Waals surface area contributed by atoms with Crippen molar-refractivity contribution in [2.24, 2.45) is 0 Å². The van der Waals surface area contributed by atoms with Gasteiger partial charge in [-0.15, -0.1) is 0 Å². The summed E-state index contributed by atoms with van der Waals surface area (Å²) in [4.78, 5) is 7.00. The smallest absolute Gasteiger partial charge is 0.373 e. The number of hydrogen-bond donors (Lipinski definition) is 2. The monoisotopic (exact) mass is 322 g/mol. The number of aromatic nitrogens is 2. The predicted octanol–water partition coefficient (Wildman–Crippen LogP) is 3.87. The third-order valence-corrected chi connectivity index (χ3v) is 5.14. The van der Waals surface area contributed by atoms with E-state index < -0.39 is 12.0 Å². The highest BCUT2D eigenvalue weighted by Gasteiger charge is 2.35. The molecule has 21 heavy (non-hydrogen) atoms. The Morgan fingerprint density at radius 3 is 2.14 bits per heavy atom. The Kier molecular flexibility index (Phi) is 6.12. The molecular formula is C13H21F3N4S. The van der Waals surface area contributed by atoms with Crippen molar-refractivity contribution in [1.29, 1.82) is 0 Å². The lowest BCUT2D eigenvalue weighted by Crippen LogP contribution is -2.32. The maximum atomic E-state index is 12.8. The van der Waals surface area contributed by atoms with Gasteiger partial charge in [-0.25, -0.2) is 9.97 Å². The Balaban J connectivity index is 2.98. The summed E-state index contributed by atoms with van der Waals surface area (Å²) in [6.07, 6.45) is -0.703. The molecule has 1 aromatic rings. The van der Waals surface area contributed by atoms with Gasteiger partial charge >= 0.3 is 6.18 Å². The summed E-state index contributed by atoms with van der Waals surface area (Å²) in [5.74, 6) is -0.816. The summed E-state index contributed by atoms with van der Waals surface area (Å²) < 4.78 is 38.3. The van der Waals surface area contributed by atoms with Gasteiger partial charge in [0.1, 0.15) is 11.6 Å². The summed E-state index contributed by atoms with van der Waals surface area (Å²) in [6, 6.07) is 1.48. The third kappa shape index (κ3) is 4.66. The second-order valence-electron chi connectivity index (χ2n) is 4.66. The van der Waals surface area contributed by atoms with Gasteiger partial charge in [-0.1, -0.05) is 13.8 Å². The van der Waals surface area contributed by atoms with E-state index in [1.807, 2.05) is 6.26 Å². The molecule has 0 unspecified atom stereocenters. The summed E-state index contributed by atoms with van der Waals surface area (Å²) >= 11 is 1.71. The Bertz CT molecular complexity index is 453. The number of nitrogens with one attached hydrogen (secondary N) is 2. The number of halogens is 3. The Hall–Kier alpha value is -1.18. The van der Waals surface area contributed by atoms with Crippen LogP contribution < -0.4 is 10.6 Å². The van der Waals surface area contributed by atoms with Crippen LogP contribution in [0.2, 0.25) is 0 Å². The van der Waals surface area contributed by atoms with Crippen molar-refractivity contribution in [1.82, 2.24) is 9.97 Å². The highest BCUT2D eigenvalue weighted by atomic mass is 32.2. The maximum Gasteiger partial charge on any atom is 0.451 e. The summed E-state index contributed by atoms with van der Waals surface area (Å²) in [5, 5.41) is 5.64. The fraction of sp³-hybridized carbons (Fsp3) is 0.692. The van der Waals surface area contributed by atoms with E-state index >= 15 is 0 Å². The van der Waals surface area contributed by atoms with Crippen LogP contribution in [0.25, 0.3) is 0 Å². The molecule has 0 atom stereocenters. The van der Waals surface area contributed by atoms with Crippen molar-refractivity contribution < 1.29 is 13.2 Å². The minimum Gasteiger partial charge on any atom is -0.373 e. The van der Waals surface area contributed by atoms with Crippen molar-refractivity contribution in [3.8, 4) is 0 Å². The summed E-state index contributed by atoms with van der Waals surface area (Å²) in [5.41, 5.74) is 0. The lowest BCUT2D eigenvalue weighted by molar-refractivity contribution is -0.144. The van der Waals surface area contributed by atoms with E-state index in [2.05, 4.69) is 34.4 Å². The normalized spacial score (nSPS) is 12.3. The fourth-order valence-electron chi connectivity index (χ4n) is 1.91. The molecule has 1 aromatic heterocycles. The molecule has 2 N–H and O–H groups in total. The van der Waals surface area contributed by atoms with Crippen molar-refractivity contribution in [3.63, 3.8) is 0 Å². The molecule has 0 aliphatic carbocycles. The average Bonchev–Trinajstić information content (AvgIpc) is 2.48. The van der Waals surface area contributed by atoms with Gasteiger partial charge in [-0.05, 0) is 19.1 Å². The van der Waals surface area contributed by atoms with Crippen LogP contribution in [-0.2, 0) is 6.18 Å². The zero-order chi connectivity index (χ0) is 16.1. The molecule has 120 valence electrons. The van der Waals surface area contributed by atoms with E-state index in [-0.39, 0.29) is 16.4 Å². The van der Waals surface area contributed by atoms with Gasteiger partial charge in [0.05, 0.1) is 0 Å². The van der Waals surface area contributed by atoms with E-state index in [1.54, 1.807) is 11.8 Å². The molecular weight excluding hydrogens is 301 g/mol. The van der Waals surface area contributed by atoms with E-state index in [9.17, 15) is 13.2 Å². The number of anilines is 2. The lowest BCUT2D eigenvalue weighted by Gasteiger charge is -2.30. The van der Waals surface area contributed by atoms with Crippen molar-refractivity contribution >= 4 is 23.4 Å². The van der Waals surface area contributed by atoms with Gasteiger partial charge in [-0.3, -0.25) is 0 Å². The first-order valence-electron chi connectivity index (χ1n) is 6.73. The van der Waals surface area contributed by atoms with Gasteiger partial charge < -0.3 is 10.6 Å². The SMILES string of the molecule is CCC(CC)(CNc1cc(NC)nc(C(F)(F)F)n1)SC. The largest absolute Gasteiger partial charge is 0.451 e. The second kappa shape index (κ2) is 7.20.